The standard InChI is InChI=1S/C8H17NO2/c9-4-2-5-10-7-8-3-1-6-11-8/h8H,1-7,9H2/t8-/m1/s1. The summed E-state index contributed by atoms with van der Waals surface area (Å²) in [6.07, 6.45) is 3.65. The number of nitrogens with two attached hydrogens (primary N) is 1. The van der Waals surface area contributed by atoms with E-state index >= 15 is 0 Å². The molecule has 1 aliphatic rings. The van der Waals surface area contributed by atoms with E-state index in [-0.39, 0.29) is 0 Å². The van der Waals surface area contributed by atoms with E-state index in [2.05, 4.69) is 0 Å². The summed E-state index contributed by atoms with van der Waals surface area (Å²) in [7, 11) is 0. The van der Waals surface area contributed by atoms with Gasteiger partial charge in [-0.1, -0.05) is 0 Å². The summed E-state index contributed by atoms with van der Waals surface area (Å²) in [6, 6.07) is 0. The molecule has 0 aromatic heterocycles. The quantitative estimate of drug-likeness (QED) is 0.595. The third kappa shape index (κ3) is 3.70. The average Bonchev–Trinajstić information content (AvgIpc) is 2.50. The van der Waals surface area contributed by atoms with E-state index in [9.17, 15) is 0 Å². The van der Waals surface area contributed by atoms with Crippen molar-refractivity contribution in [3.05, 3.63) is 0 Å². The largest absolute Gasteiger partial charge is 0.379 e. The van der Waals surface area contributed by atoms with Gasteiger partial charge in [-0.3, -0.25) is 0 Å². The molecule has 1 atom stereocenters. The van der Waals surface area contributed by atoms with Crippen LogP contribution < -0.4 is 5.73 Å². The van der Waals surface area contributed by atoms with Crippen LogP contribution >= 0.6 is 0 Å². The highest BCUT2D eigenvalue weighted by molar-refractivity contribution is 4.63. The first-order chi connectivity index (χ1) is 5.43. The second kappa shape index (κ2) is 5.52. The van der Waals surface area contributed by atoms with Gasteiger partial charge >= 0.3 is 0 Å². The smallest absolute Gasteiger partial charge is 0.0809 e. The van der Waals surface area contributed by atoms with Gasteiger partial charge in [0.25, 0.3) is 0 Å². The molecule has 1 saturated heterocycles. The Morgan fingerprint density at radius 3 is 3.09 bits per heavy atom. The first kappa shape index (κ1) is 8.97. The van der Waals surface area contributed by atoms with Gasteiger partial charge in [0.15, 0.2) is 0 Å². The Kier molecular flexibility index (Phi) is 4.50. The fourth-order valence-corrected chi connectivity index (χ4v) is 1.18. The first-order valence-electron chi connectivity index (χ1n) is 4.33. The normalized spacial score (nSPS) is 24.3. The van der Waals surface area contributed by atoms with Crippen molar-refractivity contribution in [1.29, 1.82) is 0 Å². The number of hydrogen-bond donors (Lipinski definition) is 1. The molecule has 2 N–H and O–H groups in total. The lowest BCUT2D eigenvalue weighted by Gasteiger charge is -2.08. The molecule has 11 heavy (non-hydrogen) atoms. The molecule has 3 nitrogen and oxygen atoms in total. The number of rotatable bonds is 5. The highest BCUT2D eigenvalue weighted by Crippen LogP contribution is 2.11. The van der Waals surface area contributed by atoms with E-state index in [1.54, 1.807) is 0 Å². The predicted octanol–water partition coefficient (Wildman–Crippen LogP) is 0.531. The molecule has 0 aliphatic carbocycles. The minimum Gasteiger partial charge on any atom is -0.379 e. The fourth-order valence-electron chi connectivity index (χ4n) is 1.18. The van der Waals surface area contributed by atoms with Gasteiger partial charge in [0.1, 0.15) is 0 Å². The third-order valence-corrected chi connectivity index (χ3v) is 1.82. The molecule has 1 rings (SSSR count). The van der Waals surface area contributed by atoms with E-state index in [0.29, 0.717) is 12.6 Å². The van der Waals surface area contributed by atoms with Gasteiger partial charge in [0.05, 0.1) is 12.7 Å². The van der Waals surface area contributed by atoms with Crippen LogP contribution in [0.25, 0.3) is 0 Å². The van der Waals surface area contributed by atoms with Gasteiger partial charge in [-0.2, -0.15) is 0 Å². The predicted molar refractivity (Wildman–Crippen MR) is 43.5 cm³/mol. The van der Waals surface area contributed by atoms with Crippen LogP contribution in [0.4, 0.5) is 0 Å². The first-order valence-corrected chi connectivity index (χ1v) is 4.33. The van der Waals surface area contributed by atoms with Crippen molar-refractivity contribution in [2.75, 3.05) is 26.4 Å². The molecule has 3 heteroatoms. The Balaban J connectivity index is 1.86. The van der Waals surface area contributed by atoms with Gasteiger partial charge in [-0.15, -0.1) is 0 Å². The molecular formula is C8H17NO2. The van der Waals surface area contributed by atoms with Crippen LogP contribution in [-0.4, -0.2) is 32.5 Å². The molecule has 1 heterocycles. The Morgan fingerprint density at radius 2 is 2.45 bits per heavy atom. The van der Waals surface area contributed by atoms with Gasteiger partial charge in [-0.05, 0) is 25.8 Å². The fraction of sp³-hybridized carbons (Fsp3) is 1.00. The molecule has 0 saturated carbocycles. The summed E-state index contributed by atoms with van der Waals surface area (Å²) in [6.45, 7) is 3.15. The lowest BCUT2D eigenvalue weighted by atomic mass is 10.2. The van der Waals surface area contributed by atoms with Crippen LogP contribution in [0.3, 0.4) is 0 Å². The minimum atomic E-state index is 0.354. The van der Waals surface area contributed by atoms with Crippen LogP contribution in [0.2, 0.25) is 0 Å². The second-order valence-electron chi connectivity index (χ2n) is 2.85. The van der Waals surface area contributed by atoms with Gasteiger partial charge in [0, 0.05) is 13.2 Å². The van der Waals surface area contributed by atoms with Crippen molar-refractivity contribution < 1.29 is 9.47 Å². The van der Waals surface area contributed by atoms with Crippen molar-refractivity contribution in [1.82, 2.24) is 0 Å². The maximum atomic E-state index is 5.38. The molecule has 0 spiro atoms. The Bertz CT molecular complexity index is 92.1. The molecular weight excluding hydrogens is 142 g/mol. The molecule has 1 aliphatic heterocycles. The van der Waals surface area contributed by atoms with Crippen molar-refractivity contribution >= 4 is 0 Å². The van der Waals surface area contributed by atoms with E-state index in [1.807, 2.05) is 0 Å². The maximum Gasteiger partial charge on any atom is 0.0809 e. The molecule has 0 aromatic carbocycles. The van der Waals surface area contributed by atoms with E-state index in [4.69, 9.17) is 15.2 Å². The van der Waals surface area contributed by atoms with Crippen molar-refractivity contribution in [2.24, 2.45) is 5.73 Å². The average molecular weight is 159 g/mol. The van der Waals surface area contributed by atoms with E-state index < -0.39 is 0 Å². The van der Waals surface area contributed by atoms with Crippen LogP contribution in [-0.2, 0) is 9.47 Å². The third-order valence-electron chi connectivity index (χ3n) is 1.82. The zero-order valence-corrected chi connectivity index (χ0v) is 6.92. The number of hydrogen-bond acceptors (Lipinski definition) is 3. The zero-order valence-electron chi connectivity index (χ0n) is 6.92. The van der Waals surface area contributed by atoms with Gasteiger partial charge in [0.2, 0.25) is 0 Å². The van der Waals surface area contributed by atoms with E-state index in [1.165, 1.54) is 6.42 Å². The molecule has 66 valence electrons. The van der Waals surface area contributed by atoms with Crippen molar-refractivity contribution in [3.63, 3.8) is 0 Å². The SMILES string of the molecule is NCCCOC[C@H]1CCCO1. The Morgan fingerprint density at radius 1 is 1.55 bits per heavy atom. The maximum absolute atomic E-state index is 5.38. The molecule has 0 amide bonds. The summed E-state index contributed by atoms with van der Waals surface area (Å²) in [5.41, 5.74) is 5.31. The molecule has 0 bridgehead atoms. The summed E-state index contributed by atoms with van der Waals surface area (Å²) < 4.78 is 10.7. The summed E-state index contributed by atoms with van der Waals surface area (Å²) in [5.74, 6) is 0. The van der Waals surface area contributed by atoms with Crippen molar-refractivity contribution in [3.8, 4) is 0 Å². The highest BCUT2D eigenvalue weighted by atomic mass is 16.5. The van der Waals surface area contributed by atoms with Crippen molar-refractivity contribution in [2.45, 2.75) is 25.4 Å². The zero-order chi connectivity index (χ0) is 7.94. The summed E-state index contributed by atoms with van der Waals surface area (Å²) >= 11 is 0. The monoisotopic (exact) mass is 159 g/mol. The van der Waals surface area contributed by atoms with E-state index in [0.717, 1.165) is 32.7 Å². The topological polar surface area (TPSA) is 44.5 Å². The van der Waals surface area contributed by atoms with Gasteiger partial charge < -0.3 is 15.2 Å². The van der Waals surface area contributed by atoms with Crippen LogP contribution in [0, 0.1) is 0 Å². The highest BCUT2D eigenvalue weighted by Gasteiger charge is 2.14. The molecule has 0 unspecified atom stereocenters. The minimum absolute atomic E-state index is 0.354. The molecule has 0 aromatic rings. The second-order valence-corrected chi connectivity index (χ2v) is 2.85. The molecule has 0 radical (unpaired) electrons. The van der Waals surface area contributed by atoms with Gasteiger partial charge in [-0.25, -0.2) is 0 Å². The Hall–Kier alpha value is -0.120. The summed E-state index contributed by atoms with van der Waals surface area (Å²) in [5, 5.41) is 0. The van der Waals surface area contributed by atoms with Crippen LogP contribution in [0.5, 0.6) is 0 Å². The summed E-state index contributed by atoms with van der Waals surface area (Å²) in [4.78, 5) is 0. The lowest BCUT2D eigenvalue weighted by Crippen LogP contribution is -2.15. The number of ether oxygens (including phenoxy) is 2. The Labute approximate surface area is 67.9 Å². The lowest BCUT2D eigenvalue weighted by molar-refractivity contribution is 0.0170. The van der Waals surface area contributed by atoms with Crippen LogP contribution in [0.1, 0.15) is 19.3 Å². The van der Waals surface area contributed by atoms with Crippen LogP contribution in [0.15, 0.2) is 0 Å². The molecule has 1 fully saturated rings.